The van der Waals surface area contributed by atoms with E-state index in [-0.39, 0.29) is 24.2 Å². The number of anilines is 1. The van der Waals surface area contributed by atoms with Crippen LogP contribution in [0.1, 0.15) is 25.3 Å². The lowest BCUT2D eigenvalue weighted by atomic mass is 10.1. The van der Waals surface area contributed by atoms with Crippen LogP contribution < -0.4 is 16.0 Å². The van der Waals surface area contributed by atoms with Gasteiger partial charge < -0.3 is 16.0 Å². The van der Waals surface area contributed by atoms with Crippen molar-refractivity contribution in [1.29, 1.82) is 0 Å². The standard InChI is InChI=1S/C14H19N3O2.ClH/c1-2-15-9-10-4-3-5-11(8-10)16-14(19)12-6-7-13(18)17-12;/h3-5,8,12,15H,2,6-7,9H2,1H3,(H,16,19)(H,17,18);1H/t12-;/m0./s1. The Kier molecular flexibility index (Phi) is 6.48. The molecule has 3 N–H and O–H groups in total. The Labute approximate surface area is 124 Å². The zero-order valence-electron chi connectivity index (χ0n) is 11.4. The van der Waals surface area contributed by atoms with Gasteiger partial charge in [-0.1, -0.05) is 19.1 Å². The minimum Gasteiger partial charge on any atom is -0.344 e. The van der Waals surface area contributed by atoms with E-state index in [4.69, 9.17) is 0 Å². The maximum Gasteiger partial charge on any atom is 0.246 e. The summed E-state index contributed by atoms with van der Waals surface area (Å²) in [6.07, 6.45) is 1.00. The summed E-state index contributed by atoms with van der Waals surface area (Å²) in [5, 5.41) is 8.74. The number of carbonyl (C=O) groups is 2. The first-order valence-electron chi connectivity index (χ1n) is 6.59. The van der Waals surface area contributed by atoms with Crippen molar-refractivity contribution in [2.45, 2.75) is 32.4 Å². The van der Waals surface area contributed by atoms with Crippen LogP contribution in [0, 0.1) is 0 Å². The van der Waals surface area contributed by atoms with Crippen LogP contribution in [0.25, 0.3) is 0 Å². The Morgan fingerprint density at radius 1 is 1.45 bits per heavy atom. The molecule has 0 aliphatic carbocycles. The van der Waals surface area contributed by atoms with Crippen LogP contribution in [-0.2, 0) is 16.1 Å². The number of hydrogen-bond donors (Lipinski definition) is 3. The molecule has 0 unspecified atom stereocenters. The van der Waals surface area contributed by atoms with Gasteiger partial charge in [-0.15, -0.1) is 12.4 Å². The number of benzene rings is 1. The molecule has 1 aromatic rings. The fourth-order valence-electron chi connectivity index (χ4n) is 2.07. The van der Waals surface area contributed by atoms with Crippen molar-refractivity contribution in [1.82, 2.24) is 10.6 Å². The largest absolute Gasteiger partial charge is 0.344 e. The highest BCUT2D eigenvalue weighted by Crippen LogP contribution is 2.13. The molecule has 20 heavy (non-hydrogen) atoms. The van der Waals surface area contributed by atoms with E-state index in [1.807, 2.05) is 24.3 Å². The first-order valence-corrected chi connectivity index (χ1v) is 6.59. The average Bonchev–Trinajstić information content (AvgIpc) is 2.83. The van der Waals surface area contributed by atoms with Gasteiger partial charge in [0.15, 0.2) is 0 Å². The minimum atomic E-state index is -0.398. The summed E-state index contributed by atoms with van der Waals surface area (Å²) in [7, 11) is 0. The number of amides is 2. The summed E-state index contributed by atoms with van der Waals surface area (Å²) in [5.41, 5.74) is 1.89. The van der Waals surface area contributed by atoms with Gasteiger partial charge >= 0.3 is 0 Å². The normalized spacial score (nSPS) is 17.2. The molecule has 110 valence electrons. The molecule has 1 aliphatic heterocycles. The Morgan fingerprint density at radius 2 is 2.25 bits per heavy atom. The van der Waals surface area contributed by atoms with Gasteiger partial charge in [-0.05, 0) is 30.7 Å². The highest BCUT2D eigenvalue weighted by molar-refractivity contribution is 5.99. The van der Waals surface area contributed by atoms with Gasteiger partial charge in [-0.3, -0.25) is 9.59 Å². The average molecular weight is 298 g/mol. The summed E-state index contributed by atoms with van der Waals surface area (Å²) >= 11 is 0. The molecule has 0 aromatic heterocycles. The van der Waals surface area contributed by atoms with E-state index in [0.29, 0.717) is 12.8 Å². The van der Waals surface area contributed by atoms with Crippen molar-refractivity contribution in [3.05, 3.63) is 29.8 Å². The topological polar surface area (TPSA) is 70.2 Å². The smallest absolute Gasteiger partial charge is 0.246 e. The van der Waals surface area contributed by atoms with E-state index in [9.17, 15) is 9.59 Å². The Balaban J connectivity index is 0.00000200. The Bertz CT molecular complexity index is 479. The molecule has 0 saturated carbocycles. The Morgan fingerprint density at radius 3 is 2.90 bits per heavy atom. The first kappa shape index (κ1) is 16.5. The number of rotatable bonds is 5. The lowest BCUT2D eigenvalue weighted by Gasteiger charge is -2.12. The van der Waals surface area contributed by atoms with Crippen molar-refractivity contribution >= 4 is 29.9 Å². The minimum absolute atomic E-state index is 0. The molecule has 1 heterocycles. The number of nitrogens with one attached hydrogen (secondary N) is 3. The van der Waals surface area contributed by atoms with Gasteiger partial charge in [0.2, 0.25) is 11.8 Å². The van der Waals surface area contributed by atoms with E-state index in [2.05, 4.69) is 22.9 Å². The molecule has 1 saturated heterocycles. The van der Waals surface area contributed by atoms with Crippen LogP contribution in [0.2, 0.25) is 0 Å². The van der Waals surface area contributed by atoms with Crippen LogP contribution in [0.4, 0.5) is 5.69 Å². The van der Waals surface area contributed by atoms with Gasteiger partial charge in [-0.25, -0.2) is 0 Å². The SMILES string of the molecule is CCNCc1cccc(NC(=O)[C@@H]2CCC(=O)N2)c1.Cl. The van der Waals surface area contributed by atoms with E-state index in [0.717, 1.165) is 24.3 Å². The van der Waals surface area contributed by atoms with Gasteiger partial charge in [0.1, 0.15) is 6.04 Å². The summed E-state index contributed by atoms with van der Waals surface area (Å²) in [4.78, 5) is 23.0. The third-order valence-electron chi connectivity index (χ3n) is 3.09. The molecule has 0 radical (unpaired) electrons. The van der Waals surface area contributed by atoms with Crippen LogP contribution in [0.5, 0.6) is 0 Å². The molecule has 2 amide bonds. The molecule has 0 spiro atoms. The monoisotopic (exact) mass is 297 g/mol. The third kappa shape index (κ3) is 4.51. The van der Waals surface area contributed by atoms with Crippen LogP contribution in [-0.4, -0.2) is 24.4 Å². The van der Waals surface area contributed by atoms with Crippen LogP contribution in [0.15, 0.2) is 24.3 Å². The molecule has 2 rings (SSSR count). The van der Waals surface area contributed by atoms with E-state index in [1.165, 1.54) is 0 Å². The second kappa shape index (κ2) is 7.87. The number of carbonyl (C=O) groups excluding carboxylic acids is 2. The maximum atomic E-state index is 11.9. The predicted molar refractivity (Wildman–Crippen MR) is 80.9 cm³/mol. The lowest BCUT2D eigenvalue weighted by Crippen LogP contribution is -2.37. The van der Waals surface area contributed by atoms with Gasteiger partial charge in [0.05, 0.1) is 0 Å². The fourth-order valence-corrected chi connectivity index (χ4v) is 2.07. The predicted octanol–water partition coefficient (Wildman–Crippen LogP) is 1.43. The van der Waals surface area contributed by atoms with Gasteiger partial charge in [-0.2, -0.15) is 0 Å². The van der Waals surface area contributed by atoms with Crippen molar-refractivity contribution in [3.63, 3.8) is 0 Å². The van der Waals surface area contributed by atoms with Crippen molar-refractivity contribution in [2.24, 2.45) is 0 Å². The fraction of sp³-hybridized carbons (Fsp3) is 0.429. The second-order valence-electron chi connectivity index (χ2n) is 4.63. The quantitative estimate of drug-likeness (QED) is 0.770. The molecule has 1 aromatic carbocycles. The third-order valence-corrected chi connectivity index (χ3v) is 3.09. The zero-order valence-corrected chi connectivity index (χ0v) is 12.3. The molecular formula is C14H20ClN3O2. The van der Waals surface area contributed by atoms with Gasteiger partial charge in [0.25, 0.3) is 0 Å². The molecule has 1 atom stereocenters. The Hall–Kier alpha value is -1.59. The first-order chi connectivity index (χ1) is 9.19. The molecule has 6 heteroatoms. The summed E-state index contributed by atoms with van der Waals surface area (Å²) in [6.45, 7) is 3.74. The number of hydrogen-bond acceptors (Lipinski definition) is 3. The number of halogens is 1. The summed E-state index contributed by atoms with van der Waals surface area (Å²) in [5.74, 6) is -0.201. The van der Waals surface area contributed by atoms with Crippen molar-refractivity contribution in [3.8, 4) is 0 Å². The molecule has 5 nitrogen and oxygen atoms in total. The van der Waals surface area contributed by atoms with E-state index in [1.54, 1.807) is 0 Å². The lowest BCUT2D eigenvalue weighted by molar-refractivity contribution is -0.122. The molecule has 1 aliphatic rings. The van der Waals surface area contributed by atoms with Crippen LogP contribution >= 0.6 is 12.4 Å². The van der Waals surface area contributed by atoms with Crippen molar-refractivity contribution in [2.75, 3.05) is 11.9 Å². The molecular weight excluding hydrogens is 278 g/mol. The molecule has 1 fully saturated rings. The zero-order chi connectivity index (χ0) is 13.7. The second-order valence-corrected chi connectivity index (χ2v) is 4.63. The highest BCUT2D eigenvalue weighted by atomic mass is 35.5. The maximum absolute atomic E-state index is 11.9. The summed E-state index contributed by atoms with van der Waals surface area (Å²) in [6, 6.07) is 7.32. The van der Waals surface area contributed by atoms with E-state index < -0.39 is 6.04 Å². The van der Waals surface area contributed by atoms with E-state index >= 15 is 0 Å². The molecule has 0 bridgehead atoms. The highest BCUT2D eigenvalue weighted by Gasteiger charge is 2.26. The van der Waals surface area contributed by atoms with Gasteiger partial charge in [0, 0.05) is 18.7 Å². The van der Waals surface area contributed by atoms with Crippen LogP contribution in [0.3, 0.4) is 0 Å². The summed E-state index contributed by atoms with van der Waals surface area (Å²) < 4.78 is 0. The van der Waals surface area contributed by atoms with Crippen molar-refractivity contribution < 1.29 is 9.59 Å².